The number of benzene rings is 2. The van der Waals surface area contributed by atoms with Crippen molar-refractivity contribution in [2.75, 3.05) is 0 Å². The van der Waals surface area contributed by atoms with Crippen LogP contribution in [0.3, 0.4) is 0 Å². The van der Waals surface area contributed by atoms with E-state index in [0.717, 1.165) is 5.56 Å². The molecule has 0 saturated heterocycles. The van der Waals surface area contributed by atoms with E-state index in [-0.39, 0.29) is 17.1 Å². The fourth-order valence-electron chi connectivity index (χ4n) is 2.36. The standard InChI is InChI=1S/C20H23NO2/c1-14-10-12-15(13-11-14)17(22)18(20(2,3)4)21-19(23)16-8-6-5-7-9-16/h5-13,18H,1-4H3,(H,21,23). The predicted molar refractivity (Wildman–Crippen MR) is 92.7 cm³/mol. The molecular weight excluding hydrogens is 286 g/mol. The zero-order chi connectivity index (χ0) is 17.0. The van der Waals surface area contributed by atoms with Crippen LogP contribution < -0.4 is 5.32 Å². The van der Waals surface area contributed by atoms with E-state index in [2.05, 4.69) is 5.32 Å². The summed E-state index contributed by atoms with van der Waals surface area (Å²) in [6.07, 6.45) is 0. The molecule has 2 aromatic carbocycles. The maximum absolute atomic E-state index is 12.9. The van der Waals surface area contributed by atoms with Gasteiger partial charge in [0, 0.05) is 11.1 Å². The topological polar surface area (TPSA) is 46.2 Å². The maximum atomic E-state index is 12.9. The van der Waals surface area contributed by atoms with Crippen molar-refractivity contribution in [3.63, 3.8) is 0 Å². The average Bonchev–Trinajstić information content (AvgIpc) is 2.52. The minimum Gasteiger partial charge on any atom is -0.341 e. The van der Waals surface area contributed by atoms with Crippen LogP contribution in [0.5, 0.6) is 0 Å². The monoisotopic (exact) mass is 309 g/mol. The molecule has 1 atom stereocenters. The summed E-state index contributed by atoms with van der Waals surface area (Å²) in [5, 5.41) is 2.90. The van der Waals surface area contributed by atoms with E-state index in [1.54, 1.807) is 12.1 Å². The fourth-order valence-corrected chi connectivity index (χ4v) is 2.36. The minimum atomic E-state index is -0.585. The van der Waals surface area contributed by atoms with E-state index in [0.29, 0.717) is 11.1 Å². The highest BCUT2D eigenvalue weighted by atomic mass is 16.2. The van der Waals surface area contributed by atoms with Crippen LogP contribution in [0.25, 0.3) is 0 Å². The van der Waals surface area contributed by atoms with Crippen LogP contribution in [0.1, 0.15) is 47.1 Å². The summed E-state index contributed by atoms with van der Waals surface area (Å²) >= 11 is 0. The number of amides is 1. The third-order valence-corrected chi connectivity index (χ3v) is 3.78. The average molecular weight is 309 g/mol. The molecule has 3 heteroatoms. The molecule has 0 fully saturated rings. The van der Waals surface area contributed by atoms with Crippen molar-refractivity contribution >= 4 is 11.7 Å². The van der Waals surface area contributed by atoms with Gasteiger partial charge in [0.05, 0.1) is 6.04 Å². The molecule has 0 aliphatic heterocycles. The molecule has 0 aliphatic carbocycles. The summed E-state index contributed by atoms with van der Waals surface area (Å²) in [7, 11) is 0. The van der Waals surface area contributed by atoms with E-state index in [1.807, 2.05) is 70.2 Å². The van der Waals surface area contributed by atoms with Crippen LogP contribution in [0, 0.1) is 12.3 Å². The summed E-state index contributed by atoms with van der Waals surface area (Å²) in [6.45, 7) is 7.84. The second-order valence-corrected chi connectivity index (χ2v) is 6.87. The smallest absolute Gasteiger partial charge is 0.251 e. The van der Waals surface area contributed by atoms with Crippen molar-refractivity contribution in [1.82, 2.24) is 5.32 Å². The van der Waals surface area contributed by atoms with Gasteiger partial charge >= 0.3 is 0 Å². The van der Waals surface area contributed by atoms with Gasteiger partial charge < -0.3 is 5.32 Å². The van der Waals surface area contributed by atoms with Crippen molar-refractivity contribution in [2.24, 2.45) is 5.41 Å². The second-order valence-electron chi connectivity index (χ2n) is 6.87. The largest absolute Gasteiger partial charge is 0.341 e. The molecule has 0 aromatic heterocycles. The van der Waals surface area contributed by atoms with Gasteiger partial charge in [0.2, 0.25) is 0 Å². The molecule has 0 aliphatic rings. The molecule has 1 N–H and O–H groups in total. The van der Waals surface area contributed by atoms with Crippen LogP contribution in [0.2, 0.25) is 0 Å². The third kappa shape index (κ3) is 4.28. The molecule has 0 heterocycles. The fraction of sp³-hybridized carbons (Fsp3) is 0.300. The number of carbonyl (C=O) groups is 2. The Morgan fingerprint density at radius 1 is 0.870 bits per heavy atom. The number of rotatable bonds is 4. The summed E-state index contributed by atoms with van der Waals surface area (Å²) in [6, 6.07) is 15.8. The van der Waals surface area contributed by atoms with Crippen LogP contribution in [0.4, 0.5) is 0 Å². The Kier molecular flexibility index (Phi) is 4.99. The van der Waals surface area contributed by atoms with Crippen molar-refractivity contribution in [3.05, 3.63) is 71.3 Å². The van der Waals surface area contributed by atoms with Gasteiger partial charge in [0.1, 0.15) is 0 Å². The van der Waals surface area contributed by atoms with Crippen molar-refractivity contribution in [3.8, 4) is 0 Å². The van der Waals surface area contributed by atoms with Crippen LogP contribution in [-0.4, -0.2) is 17.7 Å². The van der Waals surface area contributed by atoms with E-state index in [1.165, 1.54) is 0 Å². The first-order chi connectivity index (χ1) is 10.8. The minimum absolute atomic E-state index is 0.0678. The first-order valence-corrected chi connectivity index (χ1v) is 7.76. The predicted octanol–water partition coefficient (Wildman–Crippen LogP) is 4.02. The lowest BCUT2D eigenvalue weighted by molar-refractivity contribution is 0.0782. The first kappa shape index (κ1) is 16.9. The Morgan fingerprint density at radius 3 is 1.96 bits per heavy atom. The highest BCUT2D eigenvalue weighted by molar-refractivity contribution is 6.04. The number of ketones is 1. The van der Waals surface area contributed by atoms with Crippen LogP contribution in [-0.2, 0) is 0 Å². The molecule has 1 unspecified atom stereocenters. The highest BCUT2D eigenvalue weighted by Gasteiger charge is 2.33. The summed E-state index contributed by atoms with van der Waals surface area (Å²) in [5.41, 5.74) is 1.89. The van der Waals surface area contributed by atoms with Gasteiger partial charge in [-0.25, -0.2) is 0 Å². The van der Waals surface area contributed by atoms with Crippen LogP contribution in [0.15, 0.2) is 54.6 Å². The Hall–Kier alpha value is -2.42. The highest BCUT2D eigenvalue weighted by Crippen LogP contribution is 2.23. The van der Waals surface area contributed by atoms with Crippen molar-refractivity contribution in [1.29, 1.82) is 0 Å². The molecule has 0 saturated carbocycles. The number of hydrogen-bond acceptors (Lipinski definition) is 2. The van der Waals surface area contributed by atoms with E-state index >= 15 is 0 Å². The summed E-state index contributed by atoms with van der Waals surface area (Å²) < 4.78 is 0. The molecule has 2 rings (SSSR count). The Labute approximate surface area is 137 Å². The van der Waals surface area contributed by atoms with E-state index in [9.17, 15) is 9.59 Å². The van der Waals surface area contributed by atoms with Crippen LogP contribution >= 0.6 is 0 Å². The zero-order valence-electron chi connectivity index (χ0n) is 14.1. The summed E-state index contributed by atoms with van der Waals surface area (Å²) in [5.74, 6) is -0.298. The molecule has 3 nitrogen and oxygen atoms in total. The molecule has 120 valence electrons. The van der Waals surface area contributed by atoms with E-state index in [4.69, 9.17) is 0 Å². The first-order valence-electron chi connectivity index (χ1n) is 7.76. The van der Waals surface area contributed by atoms with Gasteiger partial charge in [-0.2, -0.15) is 0 Å². The lowest BCUT2D eigenvalue weighted by Gasteiger charge is -2.30. The molecule has 0 bridgehead atoms. The Morgan fingerprint density at radius 2 is 1.43 bits per heavy atom. The quantitative estimate of drug-likeness (QED) is 0.867. The molecule has 23 heavy (non-hydrogen) atoms. The SMILES string of the molecule is Cc1ccc(C(=O)C(NC(=O)c2ccccc2)C(C)(C)C)cc1. The number of hydrogen-bond donors (Lipinski definition) is 1. The normalized spacial score (nSPS) is 12.5. The van der Waals surface area contributed by atoms with Gasteiger partial charge in [0.15, 0.2) is 5.78 Å². The molecule has 1 amide bonds. The third-order valence-electron chi connectivity index (χ3n) is 3.78. The number of carbonyl (C=O) groups excluding carboxylic acids is 2. The lowest BCUT2D eigenvalue weighted by Crippen LogP contribution is -2.49. The van der Waals surface area contributed by atoms with Crippen molar-refractivity contribution in [2.45, 2.75) is 33.7 Å². The summed E-state index contributed by atoms with van der Waals surface area (Å²) in [4.78, 5) is 25.3. The second kappa shape index (κ2) is 6.78. The molecule has 0 radical (unpaired) electrons. The van der Waals surface area contributed by atoms with E-state index < -0.39 is 6.04 Å². The van der Waals surface area contributed by atoms with Gasteiger partial charge in [0.25, 0.3) is 5.91 Å². The Balaban J connectivity index is 2.26. The lowest BCUT2D eigenvalue weighted by atomic mass is 9.82. The zero-order valence-corrected chi connectivity index (χ0v) is 14.1. The van der Waals surface area contributed by atoms with Gasteiger partial charge in [-0.15, -0.1) is 0 Å². The molecule has 0 spiro atoms. The number of Topliss-reactive ketones (excluding diaryl/α,β-unsaturated/α-hetero) is 1. The van der Waals surface area contributed by atoms with Gasteiger partial charge in [-0.05, 0) is 24.5 Å². The van der Waals surface area contributed by atoms with Gasteiger partial charge in [-0.3, -0.25) is 9.59 Å². The number of aryl methyl sites for hydroxylation is 1. The maximum Gasteiger partial charge on any atom is 0.251 e. The Bertz CT molecular complexity index is 682. The molecule has 2 aromatic rings. The van der Waals surface area contributed by atoms with Gasteiger partial charge in [-0.1, -0.05) is 68.8 Å². The van der Waals surface area contributed by atoms with Crippen molar-refractivity contribution < 1.29 is 9.59 Å². The number of nitrogens with one attached hydrogen (secondary N) is 1. The molecular formula is C20H23NO2.